The van der Waals surface area contributed by atoms with Crippen LogP contribution in [0.15, 0.2) is 48.8 Å². The number of hydrogen-bond acceptors (Lipinski definition) is 4. The fourth-order valence-corrected chi connectivity index (χ4v) is 3.06. The van der Waals surface area contributed by atoms with E-state index in [1.165, 1.54) is 0 Å². The Morgan fingerprint density at radius 1 is 1.21 bits per heavy atom. The van der Waals surface area contributed by atoms with Gasteiger partial charge in [-0.3, -0.25) is 14.7 Å². The number of rotatable bonds is 6. The summed E-state index contributed by atoms with van der Waals surface area (Å²) >= 11 is 0. The van der Waals surface area contributed by atoms with Crippen LogP contribution in [0, 0.1) is 0 Å². The number of nitrogens with zero attached hydrogens (tertiary/aromatic N) is 2. The Balaban J connectivity index is 1.63. The zero-order valence-corrected chi connectivity index (χ0v) is 13.6. The predicted octanol–water partition coefficient (Wildman–Crippen LogP) is 3.10. The fraction of sp³-hybridized carbons (Fsp3) is 0.368. The van der Waals surface area contributed by atoms with E-state index in [4.69, 9.17) is 4.74 Å². The van der Waals surface area contributed by atoms with E-state index in [-0.39, 0.29) is 0 Å². The second-order valence-electron chi connectivity index (χ2n) is 6.12. The number of carboxylic acids is 1. The fourth-order valence-electron chi connectivity index (χ4n) is 3.06. The smallest absolute Gasteiger partial charge is 0.320 e. The Morgan fingerprint density at radius 3 is 2.83 bits per heavy atom. The monoisotopic (exact) mass is 326 g/mol. The molecule has 2 aromatic rings. The van der Waals surface area contributed by atoms with Gasteiger partial charge in [-0.05, 0) is 36.6 Å². The van der Waals surface area contributed by atoms with Gasteiger partial charge in [-0.2, -0.15) is 0 Å². The number of likely N-dealkylation sites (tertiary alicyclic amines) is 1. The van der Waals surface area contributed by atoms with Gasteiger partial charge in [-0.1, -0.05) is 36.8 Å². The number of hydrogen-bond donors (Lipinski definition) is 1. The van der Waals surface area contributed by atoms with E-state index >= 15 is 0 Å². The van der Waals surface area contributed by atoms with E-state index in [1.54, 1.807) is 12.4 Å². The van der Waals surface area contributed by atoms with Crippen molar-refractivity contribution in [3.05, 3.63) is 59.9 Å². The Hall–Kier alpha value is -2.40. The van der Waals surface area contributed by atoms with Gasteiger partial charge < -0.3 is 9.84 Å². The first kappa shape index (κ1) is 16.5. The molecule has 126 valence electrons. The van der Waals surface area contributed by atoms with E-state index in [0.29, 0.717) is 25.3 Å². The number of piperidine rings is 1. The Morgan fingerprint density at radius 2 is 2.04 bits per heavy atom. The third-order valence-corrected chi connectivity index (χ3v) is 4.30. The molecule has 1 atom stereocenters. The van der Waals surface area contributed by atoms with Crippen molar-refractivity contribution in [2.45, 2.75) is 38.5 Å². The molecular weight excluding hydrogens is 304 g/mol. The molecule has 0 radical (unpaired) electrons. The molecule has 0 aliphatic carbocycles. The van der Waals surface area contributed by atoms with Crippen LogP contribution in [0.25, 0.3) is 0 Å². The van der Waals surface area contributed by atoms with Gasteiger partial charge in [0.1, 0.15) is 18.4 Å². The van der Waals surface area contributed by atoms with Gasteiger partial charge in [0.25, 0.3) is 0 Å². The minimum Gasteiger partial charge on any atom is -0.487 e. The molecule has 5 heteroatoms. The third kappa shape index (κ3) is 4.32. The van der Waals surface area contributed by atoms with Crippen LogP contribution in [0.3, 0.4) is 0 Å². The first-order chi connectivity index (χ1) is 11.7. The van der Waals surface area contributed by atoms with Crippen molar-refractivity contribution >= 4 is 5.97 Å². The summed E-state index contributed by atoms with van der Waals surface area (Å²) in [6, 6.07) is 11.5. The summed E-state index contributed by atoms with van der Waals surface area (Å²) in [6.45, 7) is 1.89. The third-order valence-electron chi connectivity index (χ3n) is 4.30. The molecule has 1 aliphatic rings. The molecule has 24 heavy (non-hydrogen) atoms. The van der Waals surface area contributed by atoms with Crippen LogP contribution < -0.4 is 4.74 Å². The summed E-state index contributed by atoms with van der Waals surface area (Å²) in [5, 5.41) is 9.37. The SMILES string of the molecule is O=C(O)C1CCCCN1Cc1cncc(OCc2ccccc2)c1. The van der Waals surface area contributed by atoms with Crippen molar-refractivity contribution in [3.63, 3.8) is 0 Å². The van der Waals surface area contributed by atoms with Gasteiger partial charge in [0, 0.05) is 12.7 Å². The predicted molar refractivity (Wildman–Crippen MR) is 90.7 cm³/mol. The number of aliphatic carboxylic acids is 1. The number of carboxylic acid groups (broad SMARTS) is 1. The largest absolute Gasteiger partial charge is 0.487 e. The lowest BCUT2D eigenvalue weighted by Crippen LogP contribution is -2.44. The first-order valence-corrected chi connectivity index (χ1v) is 8.30. The quantitative estimate of drug-likeness (QED) is 0.884. The Labute approximate surface area is 141 Å². The highest BCUT2D eigenvalue weighted by Crippen LogP contribution is 2.21. The number of carbonyl (C=O) groups is 1. The molecule has 1 unspecified atom stereocenters. The minimum atomic E-state index is -0.737. The van der Waals surface area contributed by atoms with Crippen LogP contribution in [0.4, 0.5) is 0 Å². The lowest BCUT2D eigenvalue weighted by molar-refractivity contribution is -0.144. The molecule has 1 aliphatic heterocycles. The van der Waals surface area contributed by atoms with Gasteiger partial charge in [0.15, 0.2) is 0 Å². The summed E-state index contributed by atoms with van der Waals surface area (Å²) < 4.78 is 5.80. The van der Waals surface area contributed by atoms with Crippen molar-refractivity contribution in [1.82, 2.24) is 9.88 Å². The molecule has 0 saturated carbocycles. The van der Waals surface area contributed by atoms with E-state index in [0.717, 1.165) is 30.5 Å². The average molecular weight is 326 g/mol. The Bertz CT molecular complexity index is 675. The van der Waals surface area contributed by atoms with Gasteiger partial charge in [-0.25, -0.2) is 0 Å². The molecule has 5 nitrogen and oxygen atoms in total. The summed E-state index contributed by atoms with van der Waals surface area (Å²) in [5.41, 5.74) is 2.08. The molecule has 0 amide bonds. The average Bonchev–Trinajstić information content (AvgIpc) is 2.61. The molecule has 1 fully saturated rings. The van der Waals surface area contributed by atoms with Crippen LogP contribution in [0.2, 0.25) is 0 Å². The molecule has 1 N–H and O–H groups in total. The molecule has 3 rings (SSSR count). The number of ether oxygens (including phenoxy) is 1. The summed E-state index contributed by atoms with van der Waals surface area (Å²) in [7, 11) is 0. The van der Waals surface area contributed by atoms with Crippen molar-refractivity contribution in [2.24, 2.45) is 0 Å². The van der Waals surface area contributed by atoms with Gasteiger partial charge in [0.05, 0.1) is 6.20 Å². The number of benzene rings is 1. The zero-order chi connectivity index (χ0) is 16.8. The minimum absolute atomic E-state index is 0.396. The maximum Gasteiger partial charge on any atom is 0.320 e. The van der Waals surface area contributed by atoms with Crippen molar-refractivity contribution in [3.8, 4) is 5.75 Å². The summed E-state index contributed by atoms with van der Waals surface area (Å²) in [6.07, 6.45) is 6.21. The standard InChI is InChI=1S/C19H22N2O3/c22-19(23)18-8-4-5-9-21(18)13-16-10-17(12-20-11-16)24-14-15-6-2-1-3-7-15/h1-3,6-7,10-12,18H,4-5,8-9,13-14H2,(H,22,23). The van der Waals surface area contributed by atoms with Crippen molar-refractivity contribution in [2.75, 3.05) is 6.54 Å². The first-order valence-electron chi connectivity index (χ1n) is 8.30. The van der Waals surface area contributed by atoms with Crippen molar-refractivity contribution < 1.29 is 14.6 Å². The van der Waals surface area contributed by atoms with Crippen LogP contribution in [-0.4, -0.2) is 33.5 Å². The highest BCUT2D eigenvalue weighted by molar-refractivity contribution is 5.73. The van der Waals surface area contributed by atoms with Gasteiger partial charge in [-0.15, -0.1) is 0 Å². The molecule has 0 bridgehead atoms. The van der Waals surface area contributed by atoms with Gasteiger partial charge >= 0.3 is 5.97 Å². The summed E-state index contributed by atoms with van der Waals surface area (Å²) in [5.74, 6) is -0.0284. The second kappa shape index (κ2) is 7.93. The van der Waals surface area contributed by atoms with E-state index in [1.807, 2.05) is 41.3 Å². The lowest BCUT2D eigenvalue weighted by atomic mass is 10.0. The maximum absolute atomic E-state index is 11.4. The van der Waals surface area contributed by atoms with Crippen LogP contribution >= 0.6 is 0 Å². The topological polar surface area (TPSA) is 62.7 Å². The van der Waals surface area contributed by atoms with E-state index < -0.39 is 12.0 Å². The van der Waals surface area contributed by atoms with E-state index in [2.05, 4.69) is 4.98 Å². The van der Waals surface area contributed by atoms with E-state index in [9.17, 15) is 9.90 Å². The molecule has 1 saturated heterocycles. The highest BCUT2D eigenvalue weighted by Gasteiger charge is 2.28. The Kier molecular flexibility index (Phi) is 5.43. The van der Waals surface area contributed by atoms with Crippen LogP contribution in [0.1, 0.15) is 30.4 Å². The molecule has 2 heterocycles. The maximum atomic E-state index is 11.4. The van der Waals surface area contributed by atoms with Gasteiger partial charge in [0.2, 0.25) is 0 Å². The number of aromatic nitrogens is 1. The highest BCUT2D eigenvalue weighted by atomic mass is 16.5. The lowest BCUT2D eigenvalue weighted by Gasteiger charge is -2.32. The second-order valence-corrected chi connectivity index (χ2v) is 6.12. The van der Waals surface area contributed by atoms with Crippen molar-refractivity contribution in [1.29, 1.82) is 0 Å². The number of pyridine rings is 1. The van der Waals surface area contributed by atoms with Crippen LogP contribution in [0.5, 0.6) is 5.75 Å². The summed E-state index contributed by atoms with van der Waals surface area (Å²) in [4.78, 5) is 17.7. The molecule has 1 aromatic carbocycles. The molecular formula is C19H22N2O3. The zero-order valence-electron chi connectivity index (χ0n) is 13.6. The normalized spacial score (nSPS) is 18.2. The molecule has 0 spiro atoms. The van der Waals surface area contributed by atoms with Crippen LogP contribution in [-0.2, 0) is 17.9 Å². The molecule has 1 aromatic heterocycles.